The van der Waals surface area contributed by atoms with E-state index in [4.69, 9.17) is 0 Å². The Morgan fingerprint density at radius 3 is 2.06 bits per heavy atom. The van der Waals surface area contributed by atoms with E-state index < -0.39 is 0 Å². The molecule has 2 nitrogen and oxygen atoms in total. The average molecular weight is 224 g/mol. The number of hydrogen-bond acceptors (Lipinski definition) is 2. The zero-order chi connectivity index (χ0) is 12.2. The molecule has 2 heteroatoms. The van der Waals surface area contributed by atoms with Crippen LogP contribution in [-0.2, 0) is 9.59 Å². The van der Waals surface area contributed by atoms with Crippen molar-refractivity contribution in [2.75, 3.05) is 0 Å². The van der Waals surface area contributed by atoms with Crippen molar-refractivity contribution in [3.05, 3.63) is 0 Å². The molecule has 1 rings (SSSR count). The molecular weight excluding hydrogens is 200 g/mol. The average Bonchev–Trinajstić information content (AvgIpc) is 2.25. The highest BCUT2D eigenvalue weighted by atomic mass is 16.1. The van der Waals surface area contributed by atoms with E-state index in [-0.39, 0.29) is 17.1 Å². The van der Waals surface area contributed by atoms with Crippen molar-refractivity contribution >= 4 is 11.6 Å². The van der Waals surface area contributed by atoms with Gasteiger partial charge in [0.25, 0.3) is 0 Å². The number of Topliss-reactive ketones (excluding diaryl/α,β-unsaturated/α-hetero) is 2. The lowest BCUT2D eigenvalue weighted by atomic mass is 9.82. The van der Waals surface area contributed by atoms with Gasteiger partial charge in [0.2, 0.25) is 0 Å². The molecule has 0 aliphatic heterocycles. The molecule has 0 spiro atoms. The minimum Gasteiger partial charge on any atom is -0.299 e. The van der Waals surface area contributed by atoms with Gasteiger partial charge in [-0.1, -0.05) is 40.0 Å². The first kappa shape index (κ1) is 13.4. The second-order valence-electron chi connectivity index (χ2n) is 5.97. The number of carbonyl (C=O) groups is 2. The molecule has 0 aromatic rings. The first-order valence-corrected chi connectivity index (χ1v) is 6.47. The fourth-order valence-electron chi connectivity index (χ4n) is 2.24. The van der Waals surface area contributed by atoms with Gasteiger partial charge in [0, 0.05) is 24.2 Å². The SMILES string of the molecule is CC(C)(C)C(=O)CCC(=O)C1CCCCC1. The Hall–Kier alpha value is -0.660. The fourth-order valence-corrected chi connectivity index (χ4v) is 2.24. The maximum atomic E-state index is 11.9. The second-order valence-corrected chi connectivity index (χ2v) is 5.97. The summed E-state index contributed by atoms with van der Waals surface area (Å²) in [5.74, 6) is 0.774. The molecule has 0 aromatic heterocycles. The molecule has 16 heavy (non-hydrogen) atoms. The van der Waals surface area contributed by atoms with E-state index in [2.05, 4.69) is 0 Å². The highest BCUT2D eigenvalue weighted by molar-refractivity contribution is 5.89. The van der Waals surface area contributed by atoms with Crippen LogP contribution in [0, 0.1) is 11.3 Å². The summed E-state index contributed by atoms with van der Waals surface area (Å²) >= 11 is 0. The van der Waals surface area contributed by atoms with E-state index >= 15 is 0 Å². The third-order valence-electron chi connectivity index (χ3n) is 3.50. The summed E-state index contributed by atoms with van der Waals surface area (Å²) in [4.78, 5) is 23.6. The molecule has 92 valence electrons. The predicted molar refractivity (Wildman–Crippen MR) is 65.3 cm³/mol. The van der Waals surface area contributed by atoms with Crippen molar-refractivity contribution in [3.8, 4) is 0 Å². The van der Waals surface area contributed by atoms with Crippen LogP contribution in [0.3, 0.4) is 0 Å². The largest absolute Gasteiger partial charge is 0.299 e. The number of hydrogen-bond donors (Lipinski definition) is 0. The van der Waals surface area contributed by atoms with Gasteiger partial charge >= 0.3 is 0 Å². The molecule has 1 fully saturated rings. The van der Waals surface area contributed by atoms with Crippen LogP contribution in [0.2, 0.25) is 0 Å². The molecule has 0 atom stereocenters. The second kappa shape index (κ2) is 5.60. The third kappa shape index (κ3) is 4.07. The van der Waals surface area contributed by atoms with Crippen LogP contribution in [0.25, 0.3) is 0 Å². The van der Waals surface area contributed by atoms with Gasteiger partial charge < -0.3 is 0 Å². The molecule has 0 radical (unpaired) electrons. The summed E-state index contributed by atoms with van der Waals surface area (Å²) < 4.78 is 0. The predicted octanol–water partition coefficient (Wildman–Crippen LogP) is 3.53. The van der Waals surface area contributed by atoms with Crippen molar-refractivity contribution in [2.24, 2.45) is 11.3 Å². The van der Waals surface area contributed by atoms with Crippen LogP contribution in [0.5, 0.6) is 0 Å². The molecule has 0 saturated heterocycles. The quantitative estimate of drug-likeness (QED) is 0.732. The van der Waals surface area contributed by atoms with Crippen LogP contribution >= 0.6 is 0 Å². The Balaban J connectivity index is 2.32. The maximum Gasteiger partial charge on any atom is 0.138 e. The smallest absolute Gasteiger partial charge is 0.138 e. The monoisotopic (exact) mass is 224 g/mol. The molecule has 0 amide bonds. The molecule has 1 aliphatic carbocycles. The summed E-state index contributed by atoms with van der Waals surface area (Å²) in [5.41, 5.74) is -0.299. The fraction of sp³-hybridized carbons (Fsp3) is 0.857. The summed E-state index contributed by atoms with van der Waals surface area (Å²) in [5, 5.41) is 0. The number of rotatable bonds is 4. The standard InChI is InChI=1S/C14H24O2/c1-14(2,3)13(16)10-9-12(15)11-7-5-4-6-8-11/h11H,4-10H2,1-3H3. The Morgan fingerprint density at radius 2 is 1.56 bits per heavy atom. The van der Waals surface area contributed by atoms with Gasteiger partial charge in [0.1, 0.15) is 11.6 Å². The third-order valence-corrected chi connectivity index (χ3v) is 3.50. The summed E-state index contributed by atoms with van der Waals surface area (Å²) in [6.07, 6.45) is 6.61. The van der Waals surface area contributed by atoms with E-state index in [0.717, 1.165) is 12.8 Å². The Labute approximate surface area is 98.8 Å². The van der Waals surface area contributed by atoms with Crippen LogP contribution in [0.4, 0.5) is 0 Å². The van der Waals surface area contributed by atoms with Gasteiger partial charge in [0.05, 0.1) is 0 Å². The Kier molecular flexibility index (Phi) is 4.69. The van der Waals surface area contributed by atoms with Crippen LogP contribution in [0.15, 0.2) is 0 Å². The van der Waals surface area contributed by atoms with Gasteiger partial charge in [0.15, 0.2) is 0 Å². The van der Waals surface area contributed by atoms with E-state index in [9.17, 15) is 9.59 Å². The van der Waals surface area contributed by atoms with Crippen molar-refractivity contribution in [2.45, 2.75) is 65.7 Å². The minimum atomic E-state index is -0.299. The Morgan fingerprint density at radius 1 is 1.00 bits per heavy atom. The summed E-state index contributed by atoms with van der Waals surface area (Å²) in [6.45, 7) is 5.75. The highest BCUT2D eigenvalue weighted by Gasteiger charge is 2.25. The van der Waals surface area contributed by atoms with Crippen molar-refractivity contribution in [3.63, 3.8) is 0 Å². The summed E-state index contributed by atoms with van der Waals surface area (Å²) in [7, 11) is 0. The van der Waals surface area contributed by atoms with Crippen LogP contribution in [-0.4, -0.2) is 11.6 Å². The first-order valence-electron chi connectivity index (χ1n) is 6.47. The number of carbonyl (C=O) groups excluding carboxylic acids is 2. The van der Waals surface area contributed by atoms with Gasteiger partial charge in [-0.2, -0.15) is 0 Å². The van der Waals surface area contributed by atoms with Crippen LogP contribution < -0.4 is 0 Å². The van der Waals surface area contributed by atoms with E-state index in [1.165, 1.54) is 19.3 Å². The van der Waals surface area contributed by atoms with E-state index in [0.29, 0.717) is 18.6 Å². The van der Waals surface area contributed by atoms with E-state index in [1.807, 2.05) is 20.8 Å². The normalized spacial score (nSPS) is 18.4. The lowest BCUT2D eigenvalue weighted by Crippen LogP contribution is -2.23. The topological polar surface area (TPSA) is 34.1 Å². The van der Waals surface area contributed by atoms with Crippen molar-refractivity contribution in [1.82, 2.24) is 0 Å². The minimum absolute atomic E-state index is 0.205. The molecule has 1 saturated carbocycles. The molecule has 1 aliphatic rings. The van der Waals surface area contributed by atoms with Crippen LogP contribution in [0.1, 0.15) is 65.7 Å². The van der Waals surface area contributed by atoms with Gasteiger partial charge in [-0.15, -0.1) is 0 Å². The highest BCUT2D eigenvalue weighted by Crippen LogP contribution is 2.26. The van der Waals surface area contributed by atoms with Gasteiger partial charge in [-0.05, 0) is 12.8 Å². The first-order chi connectivity index (χ1) is 7.41. The van der Waals surface area contributed by atoms with Gasteiger partial charge in [-0.25, -0.2) is 0 Å². The lowest BCUT2D eigenvalue weighted by Gasteiger charge is -2.21. The zero-order valence-corrected chi connectivity index (χ0v) is 10.8. The van der Waals surface area contributed by atoms with E-state index in [1.54, 1.807) is 0 Å². The molecular formula is C14H24O2. The van der Waals surface area contributed by atoms with Crippen molar-refractivity contribution < 1.29 is 9.59 Å². The zero-order valence-electron chi connectivity index (χ0n) is 10.8. The number of ketones is 2. The molecule has 0 bridgehead atoms. The molecule has 0 heterocycles. The lowest BCUT2D eigenvalue weighted by molar-refractivity contribution is -0.130. The van der Waals surface area contributed by atoms with Gasteiger partial charge in [-0.3, -0.25) is 9.59 Å². The maximum absolute atomic E-state index is 11.9. The van der Waals surface area contributed by atoms with Crippen molar-refractivity contribution in [1.29, 1.82) is 0 Å². The summed E-state index contributed by atoms with van der Waals surface area (Å²) in [6, 6.07) is 0. The molecule has 0 aromatic carbocycles. The molecule has 0 N–H and O–H groups in total. The Bertz CT molecular complexity index is 254. The molecule has 0 unspecified atom stereocenters.